The standard InChI is InChI=1S/C12H10FNO4S2/c13-9-4-1-2-5-10(9)14(8-11(15)16)20(17,18)12-6-3-7-19-12/h1-7H,8H2,(H,15,16). The predicted octanol–water partition coefficient (Wildman–Crippen LogP) is 2.17. The van der Waals surface area contributed by atoms with Crippen LogP contribution in [0.25, 0.3) is 0 Å². The normalized spacial score (nSPS) is 11.2. The molecule has 0 unspecified atom stereocenters. The Morgan fingerprint density at radius 3 is 2.50 bits per heavy atom. The largest absolute Gasteiger partial charge is 0.480 e. The van der Waals surface area contributed by atoms with Gasteiger partial charge in [0.05, 0.1) is 5.69 Å². The van der Waals surface area contributed by atoms with Crippen LogP contribution in [0, 0.1) is 5.82 Å². The Kier molecular flexibility index (Phi) is 4.05. The summed E-state index contributed by atoms with van der Waals surface area (Å²) in [7, 11) is -4.10. The van der Waals surface area contributed by atoms with Gasteiger partial charge in [0.15, 0.2) is 0 Å². The van der Waals surface area contributed by atoms with Crippen molar-refractivity contribution < 1.29 is 22.7 Å². The van der Waals surface area contributed by atoms with Crippen LogP contribution in [0.2, 0.25) is 0 Å². The SMILES string of the molecule is O=C(O)CN(c1ccccc1F)S(=O)(=O)c1cccs1. The molecule has 0 fully saturated rings. The zero-order chi connectivity index (χ0) is 14.8. The third-order valence-corrected chi connectivity index (χ3v) is 5.57. The molecule has 0 aliphatic heterocycles. The average molecular weight is 315 g/mol. The van der Waals surface area contributed by atoms with Crippen LogP contribution < -0.4 is 4.31 Å². The number of hydrogen-bond donors (Lipinski definition) is 1. The van der Waals surface area contributed by atoms with E-state index < -0.39 is 28.4 Å². The lowest BCUT2D eigenvalue weighted by atomic mass is 10.3. The average Bonchev–Trinajstić information content (AvgIpc) is 2.91. The van der Waals surface area contributed by atoms with Gasteiger partial charge in [0.25, 0.3) is 10.0 Å². The molecule has 0 radical (unpaired) electrons. The summed E-state index contributed by atoms with van der Waals surface area (Å²) in [5, 5.41) is 10.4. The van der Waals surface area contributed by atoms with Crippen molar-refractivity contribution in [3.8, 4) is 0 Å². The molecular formula is C12H10FNO4S2. The molecule has 1 heterocycles. The van der Waals surface area contributed by atoms with Crippen molar-refractivity contribution >= 4 is 33.0 Å². The van der Waals surface area contributed by atoms with Crippen molar-refractivity contribution in [2.45, 2.75) is 4.21 Å². The Bertz CT molecular complexity index is 713. The second-order valence-corrected chi connectivity index (χ2v) is 6.83. The molecule has 0 atom stereocenters. The minimum absolute atomic E-state index is 0.0398. The molecule has 20 heavy (non-hydrogen) atoms. The van der Waals surface area contributed by atoms with Crippen molar-refractivity contribution in [3.05, 3.63) is 47.6 Å². The molecule has 1 N–H and O–H groups in total. The Labute approximate surface area is 119 Å². The molecule has 0 spiro atoms. The molecule has 8 heteroatoms. The second-order valence-electron chi connectivity index (χ2n) is 3.79. The highest BCUT2D eigenvalue weighted by Gasteiger charge is 2.29. The summed E-state index contributed by atoms with van der Waals surface area (Å²) in [5.74, 6) is -2.16. The minimum Gasteiger partial charge on any atom is -0.480 e. The third-order valence-electron chi connectivity index (χ3n) is 2.44. The Hall–Kier alpha value is -1.93. The van der Waals surface area contributed by atoms with Crippen LogP contribution in [0.15, 0.2) is 46.0 Å². The number of carboxylic acid groups (broad SMARTS) is 1. The van der Waals surface area contributed by atoms with E-state index in [-0.39, 0.29) is 9.90 Å². The summed E-state index contributed by atoms with van der Waals surface area (Å²) in [5.41, 5.74) is -0.289. The van der Waals surface area contributed by atoms with Gasteiger partial charge in [-0.15, -0.1) is 11.3 Å². The van der Waals surface area contributed by atoms with Gasteiger partial charge in [-0.3, -0.25) is 9.10 Å². The molecule has 0 saturated heterocycles. The zero-order valence-electron chi connectivity index (χ0n) is 10.1. The molecule has 2 rings (SSSR count). The summed E-state index contributed by atoms with van der Waals surface area (Å²) >= 11 is 0.941. The third kappa shape index (κ3) is 2.81. The second kappa shape index (κ2) is 5.59. The fourth-order valence-electron chi connectivity index (χ4n) is 1.60. The lowest BCUT2D eigenvalue weighted by Gasteiger charge is -2.22. The first-order chi connectivity index (χ1) is 9.43. The number of para-hydroxylation sites is 1. The number of aliphatic carboxylic acids is 1. The molecule has 0 amide bonds. The van der Waals surface area contributed by atoms with E-state index in [9.17, 15) is 17.6 Å². The van der Waals surface area contributed by atoms with Crippen LogP contribution in [0.4, 0.5) is 10.1 Å². The van der Waals surface area contributed by atoms with Gasteiger partial charge in [0.2, 0.25) is 0 Å². The lowest BCUT2D eigenvalue weighted by molar-refractivity contribution is -0.135. The molecule has 0 bridgehead atoms. The van der Waals surface area contributed by atoms with Gasteiger partial charge in [-0.1, -0.05) is 18.2 Å². The van der Waals surface area contributed by atoms with Gasteiger partial charge in [0, 0.05) is 0 Å². The summed E-state index contributed by atoms with van der Waals surface area (Å²) in [4.78, 5) is 10.9. The lowest BCUT2D eigenvalue weighted by Crippen LogP contribution is -2.35. The number of nitrogens with zero attached hydrogens (tertiary/aromatic N) is 1. The van der Waals surface area contributed by atoms with E-state index in [4.69, 9.17) is 5.11 Å². The molecule has 2 aromatic rings. The van der Waals surface area contributed by atoms with E-state index in [1.54, 1.807) is 5.38 Å². The van der Waals surface area contributed by atoms with E-state index in [0.717, 1.165) is 17.4 Å². The highest BCUT2D eigenvalue weighted by Crippen LogP contribution is 2.28. The van der Waals surface area contributed by atoms with Crippen LogP contribution in [0.5, 0.6) is 0 Å². The van der Waals surface area contributed by atoms with Crippen molar-refractivity contribution in [3.63, 3.8) is 0 Å². The molecule has 0 aliphatic rings. The molecule has 106 valence electrons. The van der Waals surface area contributed by atoms with Crippen molar-refractivity contribution in [2.24, 2.45) is 0 Å². The number of benzene rings is 1. The first kappa shape index (κ1) is 14.5. The summed E-state index contributed by atoms with van der Waals surface area (Å²) in [6, 6.07) is 8.01. The molecule has 0 aliphatic carbocycles. The molecular weight excluding hydrogens is 305 g/mol. The summed E-state index contributed by atoms with van der Waals surface area (Å²) in [6.45, 7) is -0.846. The number of sulfonamides is 1. The van der Waals surface area contributed by atoms with E-state index in [1.165, 1.54) is 30.3 Å². The van der Waals surface area contributed by atoms with Gasteiger partial charge >= 0.3 is 5.97 Å². The van der Waals surface area contributed by atoms with E-state index in [1.807, 2.05) is 0 Å². The Morgan fingerprint density at radius 2 is 1.95 bits per heavy atom. The van der Waals surface area contributed by atoms with Crippen LogP contribution >= 0.6 is 11.3 Å². The molecule has 1 aromatic carbocycles. The van der Waals surface area contributed by atoms with Crippen LogP contribution in [0.1, 0.15) is 0 Å². The highest BCUT2D eigenvalue weighted by atomic mass is 32.2. The fraction of sp³-hybridized carbons (Fsp3) is 0.0833. The molecule has 5 nitrogen and oxygen atoms in total. The smallest absolute Gasteiger partial charge is 0.324 e. The number of halogens is 1. The number of carboxylic acids is 1. The predicted molar refractivity (Wildman–Crippen MR) is 72.9 cm³/mol. The topological polar surface area (TPSA) is 74.7 Å². The number of rotatable bonds is 5. The molecule has 1 aromatic heterocycles. The zero-order valence-corrected chi connectivity index (χ0v) is 11.7. The quantitative estimate of drug-likeness (QED) is 0.917. The van der Waals surface area contributed by atoms with Crippen molar-refractivity contribution in [1.82, 2.24) is 0 Å². The van der Waals surface area contributed by atoms with Crippen LogP contribution in [0.3, 0.4) is 0 Å². The van der Waals surface area contributed by atoms with E-state index >= 15 is 0 Å². The number of carbonyl (C=O) groups is 1. The summed E-state index contributed by atoms with van der Waals surface area (Å²) < 4.78 is 39.1. The molecule has 0 saturated carbocycles. The van der Waals surface area contributed by atoms with Crippen LogP contribution in [-0.2, 0) is 14.8 Å². The van der Waals surface area contributed by atoms with E-state index in [2.05, 4.69) is 0 Å². The van der Waals surface area contributed by atoms with E-state index in [0.29, 0.717) is 4.31 Å². The van der Waals surface area contributed by atoms with Gasteiger partial charge in [-0.25, -0.2) is 12.8 Å². The fourth-order valence-corrected chi connectivity index (χ4v) is 4.12. The summed E-state index contributed by atoms with van der Waals surface area (Å²) in [6.07, 6.45) is 0. The maximum absolute atomic E-state index is 13.8. The van der Waals surface area contributed by atoms with Gasteiger partial charge in [-0.05, 0) is 23.6 Å². The first-order valence-corrected chi connectivity index (χ1v) is 7.77. The van der Waals surface area contributed by atoms with Gasteiger partial charge < -0.3 is 5.11 Å². The van der Waals surface area contributed by atoms with Crippen LogP contribution in [-0.4, -0.2) is 26.0 Å². The minimum atomic E-state index is -4.10. The number of hydrogen-bond acceptors (Lipinski definition) is 4. The Balaban J connectivity index is 2.55. The van der Waals surface area contributed by atoms with Gasteiger partial charge in [-0.2, -0.15) is 0 Å². The van der Waals surface area contributed by atoms with Crippen molar-refractivity contribution in [2.75, 3.05) is 10.8 Å². The maximum Gasteiger partial charge on any atom is 0.324 e. The van der Waals surface area contributed by atoms with Crippen molar-refractivity contribution in [1.29, 1.82) is 0 Å². The van der Waals surface area contributed by atoms with Gasteiger partial charge in [0.1, 0.15) is 16.6 Å². The maximum atomic E-state index is 13.8. The Morgan fingerprint density at radius 1 is 1.25 bits per heavy atom. The first-order valence-electron chi connectivity index (χ1n) is 5.45. The number of anilines is 1. The highest BCUT2D eigenvalue weighted by molar-refractivity contribution is 7.94. The monoisotopic (exact) mass is 315 g/mol. The number of thiophene rings is 1.